The van der Waals surface area contributed by atoms with Crippen molar-refractivity contribution >= 4 is 5.91 Å². The highest BCUT2D eigenvalue weighted by atomic mass is 16.5. The Bertz CT molecular complexity index is 900. The molecule has 0 saturated carbocycles. The molecule has 3 rings (SSSR count). The smallest absolute Gasteiger partial charge is 0.251 e. The minimum Gasteiger partial charge on any atom is -0.489 e. The van der Waals surface area contributed by atoms with Crippen LogP contribution in [0.25, 0.3) is 0 Å². The highest BCUT2D eigenvalue weighted by molar-refractivity contribution is 5.94. The van der Waals surface area contributed by atoms with E-state index in [1.54, 1.807) is 6.20 Å². The standard InChI is InChI=1S/C23H27N3O2/c1-3-19-8-10-22(11-9-19)28-17-20-6-4-7-21(16-20)23(27)24-13-5-15-26-18(2)12-14-25-26/h4,6-12,14,16H,3,5,13,15,17H2,1-2H3,(H,24,27). The highest BCUT2D eigenvalue weighted by Gasteiger charge is 2.06. The lowest BCUT2D eigenvalue weighted by molar-refractivity contribution is 0.0952. The number of amides is 1. The number of nitrogens with one attached hydrogen (secondary N) is 1. The van der Waals surface area contributed by atoms with Crippen LogP contribution in [-0.4, -0.2) is 22.2 Å². The van der Waals surface area contributed by atoms with Gasteiger partial charge in [0.2, 0.25) is 0 Å². The molecular formula is C23H27N3O2. The van der Waals surface area contributed by atoms with E-state index in [0.717, 1.165) is 36.4 Å². The van der Waals surface area contributed by atoms with Gasteiger partial charge < -0.3 is 10.1 Å². The van der Waals surface area contributed by atoms with E-state index in [1.165, 1.54) is 5.56 Å². The predicted molar refractivity (Wildman–Crippen MR) is 111 cm³/mol. The summed E-state index contributed by atoms with van der Waals surface area (Å²) < 4.78 is 7.78. The lowest BCUT2D eigenvalue weighted by Gasteiger charge is -2.09. The molecule has 0 bridgehead atoms. The van der Waals surface area contributed by atoms with Crippen LogP contribution < -0.4 is 10.1 Å². The van der Waals surface area contributed by atoms with Crippen molar-refractivity contribution in [2.45, 2.75) is 39.8 Å². The van der Waals surface area contributed by atoms with Crippen LogP contribution in [0.2, 0.25) is 0 Å². The molecule has 28 heavy (non-hydrogen) atoms. The molecular weight excluding hydrogens is 350 g/mol. The van der Waals surface area contributed by atoms with E-state index in [1.807, 2.05) is 54.1 Å². The lowest BCUT2D eigenvalue weighted by atomic mass is 10.1. The van der Waals surface area contributed by atoms with Crippen molar-refractivity contribution in [2.75, 3.05) is 6.54 Å². The number of ether oxygens (including phenoxy) is 1. The quantitative estimate of drug-likeness (QED) is 0.570. The number of hydrogen-bond donors (Lipinski definition) is 1. The van der Waals surface area contributed by atoms with Crippen LogP contribution in [0.3, 0.4) is 0 Å². The van der Waals surface area contributed by atoms with Gasteiger partial charge in [0.15, 0.2) is 0 Å². The zero-order valence-corrected chi connectivity index (χ0v) is 16.5. The number of carbonyl (C=O) groups excluding carboxylic acids is 1. The normalized spacial score (nSPS) is 10.6. The maximum atomic E-state index is 12.4. The van der Waals surface area contributed by atoms with E-state index >= 15 is 0 Å². The van der Waals surface area contributed by atoms with Crippen molar-refractivity contribution in [1.29, 1.82) is 0 Å². The summed E-state index contributed by atoms with van der Waals surface area (Å²) in [6.45, 7) is 6.00. The van der Waals surface area contributed by atoms with E-state index in [0.29, 0.717) is 18.7 Å². The van der Waals surface area contributed by atoms with Gasteiger partial charge in [-0.15, -0.1) is 0 Å². The van der Waals surface area contributed by atoms with Crippen LogP contribution in [0, 0.1) is 6.92 Å². The summed E-state index contributed by atoms with van der Waals surface area (Å²) in [6.07, 6.45) is 3.64. The summed E-state index contributed by atoms with van der Waals surface area (Å²) in [4.78, 5) is 12.4. The fourth-order valence-electron chi connectivity index (χ4n) is 2.96. The van der Waals surface area contributed by atoms with Crippen molar-refractivity contribution in [3.05, 3.63) is 83.2 Å². The van der Waals surface area contributed by atoms with Gasteiger partial charge in [0, 0.05) is 30.5 Å². The Morgan fingerprint density at radius 3 is 2.64 bits per heavy atom. The molecule has 0 unspecified atom stereocenters. The summed E-state index contributed by atoms with van der Waals surface area (Å²) >= 11 is 0. The van der Waals surface area contributed by atoms with Crippen LogP contribution in [0.4, 0.5) is 0 Å². The van der Waals surface area contributed by atoms with Gasteiger partial charge in [-0.3, -0.25) is 9.48 Å². The largest absolute Gasteiger partial charge is 0.489 e. The van der Waals surface area contributed by atoms with Crippen molar-refractivity contribution in [3.63, 3.8) is 0 Å². The van der Waals surface area contributed by atoms with Gasteiger partial charge in [-0.25, -0.2) is 0 Å². The second-order valence-electron chi connectivity index (χ2n) is 6.79. The molecule has 0 aliphatic rings. The molecule has 1 amide bonds. The summed E-state index contributed by atoms with van der Waals surface area (Å²) in [5.74, 6) is 0.771. The third kappa shape index (κ3) is 5.46. The topological polar surface area (TPSA) is 56.1 Å². The van der Waals surface area contributed by atoms with Gasteiger partial charge in [-0.05, 0) is 61.2 Å². The zero-order valence-electron chi connectivity index (χ0n) is 16.5. The van der Waals surface area contributed by atoms with Crippen LogP contribution in [-0.2, 0) is 19.6 Å². The summed E-state index contributed by atoms with van der Waals surface area (Å²) in [6, 6.07) is 17.7. The van der Waals surface area contributed by atoms with Gasteiger partial charge in [-0.2, -0.15) is 5.10 Å². The average Bonchev–Trinajstić information content (AvgIpc) is 3.15. The van der Waals surface area contributed by atoms with E-state index in [-0.39, 0.29) is 5.91 Å². The van der Waals surface area contributed by atoms with Crippen LogP contribution in [0.5, 0.6) is 5.75 Å². The van der Waals surface area contributed by atoms with E-state index in [9.17, 15) is 4.79 Å². The minimum atomic E-state index is -0.0636. The fraction of sp³-hybridized carbons (Fsp3) is 0.304. The van der Waals surface area contributed by atoms with E-state index in [2.05, 4.69) is 29.5 Å². The molecule has 0 aliphatic carbocycles. The van der Waals surface area contributed by atoms with Crippen LogP contribution in [0.1, 0.15) is 40.5 Å². The van der Waals surface area contributed by atoms with Gasteiger partial charge >= 0.3 is 0 Å². The van der Waals surface area contributed by atoms with Crippen molar-refractivity contribution in [2.24, 2.45) is 0 Å². The van der Waals surface area contributed by atoms with Crippen LogP contribution >= 0.6 is 0 Å². The highest BCUT2D eigenvalue weighted by Crippen LogP contribution is 2.15. The van der Waals surface area contributed by atoms with Gasteiger partial charge in [0.05, 0.1) is 0 Å². The summed E-state index contributed by atoms with van der Waals surface area (Å²) in [5, 5.41) is 7.22. The molecule has 146 valence electrons. The third-order valence-electron chi connectivity index (χ3n) is 4.69. The molecule has 0 saturated heterocycles. The number of aryl methyl sites for hydroxylation is 3. The zero-order chi connectivity index (χ0) is 19.8. The van der Waals surface area contributed by atoms with Crippen molar-refractivity contribution < 1.29 is 9.53 Å². The Kier molecular flexibility index (Phi) is 6.84. The van der Waals surface area contributed by atoms with Crippen molar-refractivity contribution in [3.8, 4) is 5.75 Å². The number of carbonyl (C=O) groups is 1. The number of aromatic nitrogens is 2. The first-order valence-corrected chi connectivity index (χ1v) is 9.73. The average molecular weight is 377 g/mol. The first-order chi connectivity index (χ1) is 13.7. The maximum Gasteiger partial charge on any atom is 0.251 e. The van der Waals surface area contributed by atoms with E-state index in [4.69, 9.17) is 4.74 Å². The molecule has 0 aliphatic heterocycles. The Morgan fingerprint density at radius 1 is 1.11 bits per heavy atom. The first-order valence-electron chi connectivity index (χ1n) is 9.73. The number of hydrogen-bond acceptors (Lipinski definition) is 3. The molecule has 3 aromatic rings. The summed E-state index contributed by atoms with van der Waals surface area (Å²) in [7, 11) is 0. The Balaban J connectivity index is 1.47. The Labute approximate surface area is 166 Å². The molecule has 1 heterocycles. The predicted octanol–water partition coefficient (Wildman–Crippen LogP) is 4.15. The molecule has 1 aromatic heterocycles. The minimum absolute atomic E-state index is 0.0636. The van der Waals surface area contributed by atoms with Gasteiger partial charge in [0.25, 0.3) is 5.91 Å². The first kappa shape index (κ1) is 19.7. The van der Waals surface area contributed by atoms with Gasteiger partial charge in [-0.1, -0.05) is 31.2 Å². The Hall–Kier alpha value is -3.08. The maximum absolute atomic E-state index is 12.4. The molecule has 0 fully saturated rings. The number of benzene rings is 2. The third-order valence-corrected chi connectivity index (χ3v) is 4.69. The molecule has 0 spiro atoms. The molecule has 5 nitrogen and oxygen atoms in total. The van der Waals surface area contributed by atoms with Crippen molar-refractivity contribution in [1.82, 2.24) is 15.1 Å². The molecule has 5 heteroatoms. The summed E-state index contributed by atoms with van der Waals surface area (Å²) in [5.41, 5.74) is 4.04. The van der Waals surface area contributed by atoms with E-state index < -0.39 is 0 Å². The van der Waals surface area contributed by atoms with Gasteiger partial charge in [0.1, 0.15) is 12.4 Å². The molecule has 2 aromatic carbocycles. The number of rotatable bonds is 9. The molecule has 0 radical (unpaired) electrons. The van der Waals surface area contributed by atoms with Crippen LogP contribution in [0.15, 0.2) is 60.8 Å². The molecule has 0 atom stereocenters. The Morgan fingerprint density at radius 2 is 1.93 bits per heavy atom. The fourth-order valence-corrected chi connectivity index (χ4v) is 2.96. The monoisotopic (exact) mass is 377 g/mol. The second-order valence-corrected chi connectivity index (χ2v) is 6.79. The molecule has 1 N–H and O–H groups in total. The number of nitrogens with zero attached hydrogens (tertiary/aromatic N) is 2. The SMILES string of the molecule is CCc1ccc(OCc2cccc(C(=O)NCCCn3nccc3C)c2)cc1. The second kappa shape index (κ2) is 9.74. The lowest BCUT2D eigenvalue weighted by Crippen LogP contribution is -2.25.